The van der Waals surface area contributed by atoms with Crippen molar-refractivity contribution in [3.05, 3.63) is 0 Å². The van der Waals surface area contributed by atoms with Gasteiger partial charge in [0.05, 0.1) is 0 Å². The van der Waals surface area contributed by atoms with Crippen LogP contribution in [0.25, 0.3) is 0 Å². The number of nitrogens with zero attached hydrogens (tertiary/aromatic N) is 6. The summed E-state index contributed by atoms with van der Waals surface area (Å²) in [6, 6.07) is 0. The zero-order valence-corrected chi connectivity index (χ0v) is 21.0. The highest BCUT2D eigenvalue weighted by Gasteiger charge is 2.50. The first-order valence-corrected chi connectivity index (χ1v) is 9.98. The van der Waals surface area contributed by atoms with Crippen LogP contribution in [-0.4, -0.2) is 145 Å². The van der Waals surface area contributed by atoms with Crippen LogP contribution in [0, 0.1) is 0 Å². The predicted octanol–water partition coefficient (Wildman–Crippen LogP) is -3.83. The zero-order chi connectivity index (χ0) is 34.4. The summed E-state index contributed by atoms with van der Waals surface area (Å²) in [6.07, 6.45) is -14.7. The molecule has 0 saturated carbocycles. The molecular formula is C8H20N6O32. The van der Waals surface area contributed by atoms with Crippen LogP contribution < -0.4 is 0 Å². The van der Waals surface area contributed by atoms with Gasteiger partial charge < -0.3 is 0 Å². The molecule has 0 aromatic heterocycles. The van der Waals surface area contributed by atoms with E-state index in [1.807, 2.05) is 0 Å². The van der Waals surface area contributed by atoms with E-state index in [0.717, 1.165) is 10.0 Å². The number of hydrogen-bond acceptors (Lipinski definition) is 38. The highest BCUT2D eigenvalue weighted by Crippen LogP contribution is 2.27. The van der Waals surface area contributed by atoms with Crippen molar-refractivity contribution in [2.24, 2.45) is 0 Å². The van der Waals surface area contributed by atoms with Crippen molar-refractivity contribution in [3.8, 4) is 0 Å². The standard InChI is InChI=1S/C8H20N6O32/c15-27-5(28-16,29-17)39-43-11-1-9-2-13(45-41-7(33-21,34-22)35-23)14(46-42-8(36-24,37-25)38-26)4-10(9)3-12(11)44-40-6(30-18,31-19)32-20/h15-26H,1-4H2. The van der Waals surface area contributed by atoms with Gasteiger partial charge in [0.15, 0.2) is 0 Å². The first-order valence-electron chi connectivity index (χ1n) is 9.98. The van der Waals surface area contributed by atoms with Gasteiger partial charge in [0.1, 0.15) is 26.7 Å². The fourth-order valence-corrected chi connectivity index (χ4v) is 2.27. The molecule has 38 heteroatoms. The quantitative estimate of drug-likeness (QED) is 0.0259. The lowest BCUT2D eigenvalue weighted by Gasteiger charge is -2.51. The van der Waals surface area contributed by atoms with Crippen molar-refractivity contribution in [2.75, 3.05) is 26.7 Å². The van der Waals surface area contributed by atoms with Gasteiger partial charge in [0.2, 0.25) is 0 Å². The molecule has 38 nitrogen and oxygen atoms in total. The summed E-state index contributed by atoms with van der Waals surface area (Å²) >= 11 is 0. The van der Waals surface area contributed by atoms with Crippen molar-refractivity contribution in [2.45, 2.75) is 24.6 Å². The molecule has 0 spiro atoms. The van der Waals surface area contributed by atoms with Gasteiger partial charge in [-0.3, -0.25) is 0 Å². The largest absolute Gasteiger partial charge is 0.520 e. The molecule has 0 radical (unpaired) electrons. The highest BCUT2D eigenvalue weighted by atomic mass is 17.5. The van der Waals surface area contributed by atoms with Crippen molar-refractivity contribution in [1.82, 2.24) is 30.7 Å². The molecule has 0 unspecified atom stereocenters. The molecule has 274 valence electrons. The van der Waals surface area contributed by atoms with Crippen LogP contribution >= 0.6 is 0 Å². The third-order valence-electron chi connectivity index (χ3n) is 4.28. The first-order chi connectivity index (χ1) is 22.0. The molecule has 0 aromatic carbocycles. The summed E-state index contributed by atoms with van der Waals surface area (Å²) in [5.74, 6) is 0. The molecule has 2 fully saturated rings. The van der Waals surface area contributed by atoms with E-state index in [-0.39, 0.29) is 20.7 Å². The van der Waals surface area contributed by atoms with Crippen LogP contribution in [0.4, 0.5) is 0 Å². The molecule has 2 saturated heterocycles. The Balaban J connectivity index is 2.36. The summed E-state index contributed by atoms with van der Waals surface area (Å²) in [7, 11) is 0. The number of fused-ring (bicyclic) bond motifs is 1. The number of hydrogen-bond donors (Lipinski definition) is 12. The third kappa shape index (κ3) is 9.77. The van der Waals surface area contributed by atoms with Gasteiger partial charge in [-0.2, -0.15) is 0 Å². The molecule has 2 aliphatic heterocycles. The molecule has 0 aliphatic carbocycles. The van der Waals surface area contributed by atoms with Gasteiger partial charge in [0, 0.05) is 0 Å². The van der Waals surface area contributed by atoms with E-state index in [9.17, 15) is 0 Å². The Morgan fingerprint density at radius 2 is 0.435 bits per heavy atom. The van der Waals surface area contributed by atoms with Gasteiger partial charge in [-0.15, -0.1) is 98.2 Å². The average Bonchev–Trinajstić information content (AvgIpc) is 3.11. The predicted molar refractivity (Wildman–Crippen MR) is 94.7 cm³/mol. The van der Waals surface area contributed by atoms with E-state index in [2.05, 4.69) is 98.2 Å². The van der Waals surface area contributed by atoms with E-state index in [1.165, 1.54) is 0 Å². The van der Waals surface area contributed by atoms with E-state index in [0.29, 0.717) is 0 Å². The van der Waals surface area contributed by atoms with Gasteiger partial charge in [-0.1, -0.05) is 0 Å². The SMILES string of the molecule is OOC(OO)(OO)OON1CN2CN(OOC(OO)(OO)OO)N(OOC(OO)(OO)OO)CN2CN1OOC(OO)(OO)OO. The lowest BCUT2D eigenvalue weighted by Crippen LogP contribution is -2.72. The summed E-state index contributed by atoms with van der Waals surface area (Å²) < 4.78 is 0. The molecule has 46 heavy (non-hydrogen) atoms. The summed E-state index contributed by atoms with van der Waals surface area (Å²) in [5, 5.41) is 107. The maximum Gasteiger partial charge on any atom is 0.520 e. The molecule has 2 aliphatic rings. The monoisotopic (exact) mass is 712 g/mol. The first kappa shape index (κ1) is 40.7. The summed E-state index contributed by atoms with van der Waals surface area (Å²) in [5.41, 5.74) is 0. The Hall–Kier alpha value is -1.52. The van der Waals surface area contributed by atoms with Gasteiger partial charge in [0.25, 0.3) is 0 Å². The minimum atomic E-state index is -3.66. The number of hydroxylamine groups is 4. The van der Waals surface area contributed by atoms with E-state index in [1.54, 1.807) is 0 Å². The van der Waals surface area contributed by atoms with Gasteiger partial charge >= 0.3 is 24.6 Å². The van der Waals surface area contributed by atoms with Crippen LogP contribution in [0.15, 0.2) is 0 Å². The van der Waals surface area contributed by atoms with Crippen molar-refractivity contribution < 1.29 is 161 Å². The smallest absolute Gasteiger partial charge is 0.244 e. The third-order valence-corrected chi connectivity index (χ3v) is 4.28. The lowest BCUT2D eigenvalue weighted by molar-refractivity contribution is -0.784. The lowest BCUT2D eigenvalue weighted by atomic mass is 10.7. The maximum absolute atomic E-state index is 8.74. The molecule has 2 rings (SSSR count). The second kappa shape index (κ2) is 18.9. The normalized spacial score (nSPS) is 19.3. The number of hydrazine groups is 3. The Bertz CT molecular complexity index is 665. The topological polar surface area (TPSA) is 447 Å². The summed E-state index contributed by atoms with van der Waals surface area (Å²) in [6.45, 7) is -3.66. The van der Waals surface area contributed by atoms with Gasteiger partial charge in [-0.05, 0) is 20.7 Å². The second-order valence-electron chi connectivity index (χ2n) is 6.71. The molecule has 2 heterocycles. The van der Waals surface area contributed by atoms with E-state index >= 15 is 0 Å². The van der Waals surface area contributed by atoms with Crippen molar-refractivity contribution >= 4 is 0 Å². The number of rotatable bonds is 24. The van der Waals surface area contributed by atoms with Crippen molar-refractivity contribution in [3.63, 3.8) is 0 Å². The highest BCUT2D eigenvalue weighted by molar-refractivity contribution is 4.60. The molecule has 12 N–H and O–H groups in total. The van der Waals surface area contributed by atoms with Crippen molar-refractivity contribution in [1.29, 1.82) is 0 Å². The Labute approximate surface area is 244 Å². The van der Waals surface area contributed by atoms with Crippen LogP contribution in [0.1, 0.15) is 0 Å². The summed E-state index contributed by atoms with van der Waals surface area (Å²) in [4.78, 5) is 75.8. The molecule has 0 bridgehead atoms. The van der Waals surface area contributed by atoms with E-state index in [4.69, 9.17) is 63.1 Å². The fraction of sp³-hybridized carbons (Fsp3) is 1.00. The minimum Gasteiger partial charge on any atom is -0.244 e. The zero-order valence-electron chi connectivity index (χ0n) is 21.0. The Morgan fingerprint density at radius 3 is 0.565 bits per heavy atom. The van der Waals surface area contributed by atoms with Crippen LogP contribution in [-0.2, 0) is 98.2 Å². The molecule has 0 aromatic rings. The van der Waals surface area contributed by atoms with Crippen LogP contribution in [0.3, 0.4) is 0 Å². The molecule has 0 atom stereocenters. The minimum absolute atomic E-state index is 0.198. The van der Waals surface area contributed by atoms with Crippen LogP contribution in [0.5, 0.6) is 0 Å². The molecule has 0 amide bonds. The second-order valence-corrected chi connectivity index (χ2v) is 6.71. The Kier molecular flexibility index (Phi) is 16.7. The molecular weight excluding hydrogens is 692 g/mol. The fourth-order valence-electron chi connectivity index (χ4n) is 2.27. The maximum atomic E-state index is 8.74. The average molecular weight is 712 g/mol. The van der Waals surface area contributed by atoms with Gasteiger partial charge in [-0.25, -0.2) is 73.1 Å². The van der Waals surface area contributed by atoms with Crippen LogP contribution in [0.2, 0.25) is 0 Å². The Morgan fingerprint density at radius 1 is 0.283 bits per heavy atom. The van der Waals surface area contributed by atoms with E-state index < -0.39 is 51.3 Å².